The molecule has 0 bridgehead atoms. The maximum Gasteiger partial charge on any atom is 0.333 e. The standard InChI is InChI=1S/C15H11Cl2F2N5O/c16-11-2-1-3-12(17)10(11)8-23-7-9(6-21-23)22-14(25)13-4-5-20-24(13)15(18)19/h1-7,15H,8H2,(H,22,25). The maximum absolute atomic E-state index is 12.8. The molecule has 10 heteroatoms. The van der Waals surface area contributed by atoms with Crippen molar-refractivity contribution in [3.63, 3.8) is 0 Å². The molecule has 1 amide bonds. The fourth-order valence-electron chi connectivity index (χ4n) is 2.20. The van der Waals surface area contributed by atoms with Gasteiger partial charge >= 0.3 is 6.55 Å². The molecular weight excluding hydrogens is 375 g/mol. The summed E-state index contributed by atoms with van der Waals surface area (Å²) < 4.78 is 27.4. The van der Waals surface area contributed by atoms with Crippen LogP contribution in [0.5, 0.6) is 0 Å². The van der Waals surface area contributed by atoms with Gasteiger partial charge in [0.05, 0.1) is 18.4 Å². The summed E-state index contributed by atoms with van der Waals surface area (Å²) >= 11 is 12.2. The third-order valence-electron chi connectivity index (χ3n) is 3.36. The molecular formula is C15H11Cl2F2N5O. The van der Waals surface area contributed by atoms with Crippen molar-refractivity contribution >= 4 is 34.8 Å². The Morgan fingerprint density at radius 1 is 1.20 bits per heavy atom. The fourth-order valence-corrected chi connectivity index (χ4v) is 2.72. The Labute approximate surface area is 151 Å². The summed E-state index contributed by atoms with van der Waals surface area (Å²) in [5.74, 6) is -0.715. The van der Waals surface area contributed by atoms with Crippen LogP contribution < -0.4 is 5.32 Å². The molecule has 25 heavy (non-hydrogen) atoms. The Hall–Kier alpha value is -2.45. The highest BCUT2D eigenvalue weighted by Crippen LogP contribution is 2.25. The van der Waals surface area contributed by atoms with Crippen LogP contribution in [0.3, 0.4) is 0 Å². The average molecular weight is 386 g/mol. The SMILES string of the molecule is O=C(Nc1cnn(Cc2c(Cl)cccc2Cl)c1)c1ccnn1C(F)F. The minimum absolute atomic E-state index is 0.253. The highest BCUT2D eigenvalue weighted by molar-refractivity contribution is 6.35. The Kier molecular flexibility index (Phi) is 5.00. The number of halogens is 4. The first kappa shape index (κ1) is 17.4. The van der Waals surface area contributed by atoms with Crippen LogP contribution in [0.2, 0.25) is 10.0 Å². The van der Waals surface area contributed by atoms with Crippen LogP contribution in [0.1, 0.15) is 22.6 Å². The Morgan fingerprint density at radius 2 is 1.92 bits per heavy atom. The zero-order chi connectivity index (χ0) is 18.0. The van der Waals surface area contributed by atoms with Crippen LogP contribution in [0.25, 0.3) is 0 Å². The molecule has 2 heterocycles. The molecule has 1 N–H and O–H groups in total. The van der Waals surface area contributed by atoms with Crippen LogP contribution in [-0.4, -0.2) is 25.5 Å². The van der Waals surface area contributed by atoms with E-state index in [4.69, 9.17) is 23.2 Å². The molecule has 3 aromatic rings. The molecule has 0 aliphatic heterocycles. The Balaban J connectivity index is 1.74. The second kappa shape index (κ2) is 7.20. The summed E-state index contributed by atoms with van der Waals surface area (Å²) in [4.78, 5) is 12.1. The van der Waals surface area contributed by atoms with Crippen LogP contribution in [-0.2, 0) is 6.54 Å². The van der Waals surface area contributed by atoms with Gasteiger partial charge in [-0.05, 0) is 18.2 Å². The van der Waals surface area contributed by atoms with Crippen molar-refractivity contribution in [3.05, 3.63) is 64.2 Å². The average Bonchev–Trinajstić information content (AvgIpc) is 3.20. The van der Waals surface area contributed by atoms with Crippen molar-refractivity contribution in [2.45, 2.75) is 13.1 Å². The molecule has 0 aliphatic rings. The summed E-state index contributed by atoms with van der Waals surface area (Å²) in [5.41, 5.74) is 0.773. The van der Waals surface area contributed by atoms with Crippen molar-refractivity contribution in [1.29, 1.82) is 0 Å². The summed E-state index contributed by atoms with van der Waals surface area (Å²) in [6, 6.07) is 6.35. The molecule has 1 aromatic carbocycles. The Morgan fingerprint density at radius 3 is 2.60 bits per heavy atom. The van der Waals surface area contributed by atoms with Gasteiger partial charge < -0.3 is 5.32 Å². The number of amides is 1. The number of carbonyl (C=O) groups excluding carboxylic acids is 1. The lowest BCUT2D eigenvalue weighted by atomic mass is 10.2. The van der Waals surface area contributed by atoms with Crippen molar-refractivity contribution in [2.24, 2.45) is 0 Å². The number of benzene rings is 1. The van der Waals surface area contributed by atoms with Crippen LogP contribution in [0.4, 0.5) is 14.5 Å². The van der Waals surface area contributed by atoms with Gasteiger partial charge in [-0.2, -0.15) is 23.7 Å². The lowest BCUT2D eigenvalue weighted by molar-refractivity contribution is 0.0520. The first-order valence-electron chi connectivity index (χ1n) is 7.04. The van der Waals surface area contributed by atoms with Crippen LogP contribution >= 0.6 is 23.2 Å². The first-order chi connectivity index (χ1) is 12.0. The number of hydrogen-bond donors (Lipinski definition) is 1. The second-order valence-electron chi connectivity index (χ2n) is 5.02. The van der Waals surface area contributed by atoms with E-state index in [2.05, 4.69) is 15.5 Å². The highest BCUT2D eigenvalue weighted by Gasteiger charge is 2.18. The van der Waals surface area contributed by atoms with E-state index in [0.717, 1.165) is 6.20 Å². The molecule has 6 nitrogen and oxygen atoms in total. The number of aromatic nitrogens is 4. The quantitative estimate of drug-likeness (QED) is 0.719. The van der Waals surface area contributed by atoms with E-state index in [1.807, 2.05) is 0 Å². The number of anilines is 1. The largest absolute Gasteiger partial charge is 0.333 e. The second-order valence-corrected chi connectivity index (χ2v) is 5.83. The zero-order valence-corrected chi connectivity index (χ0v) is 14.0. The minimum atomic E-state index is -2.90. The van der Waals surface area contributed by atoms with Gasteiger partial charge in [0.25, 0.3) is 5.91 Å². The van der Waals surface area contributed by atoms with E-state index in [1.165, 1.54) is 16.9 Å². The van der Waals surface area contributed by atoms with Crippen molar-refractivity contribution in [3.8, 4) is 0 Å². The monoisotopic (exact) mass is 385 g/mol. The third-order valence-corrected chi connectivity index (χ3v) is 4.07. The molecule has 0 atom stereocenters. The van der Waals surface area contributed by atoms with Gasteiger partial charge in [-0.25, -0.2) is 0 Å². The molecule has 2 aromatic heterocycles. The van der Waals surface area contributed by atoms with E-state index in [-0.39, 0.29) is 5.69 Å². The highest BCUT2D eigenvalue weighted by atomic mass is 35.5. The molecule has 130 valence electrons. The van der Waals surface area contributed by atoms with E-state index in [1.54, 1.807) is 24.4 Å². The van der Waals surface area contributed by atoms with Crippen molar-refractivity contribution in [2.75, 3.05) is 5.32 Å². The van der Waals surface area contributed by atoms with Gasteiger partial charge in [0, 0.05) is 28.0 Å². The van der Waals surface area contributed by atoms with Crippen molar-refractivity contribution in [1.82, 2.24) is 19.6 Å². The lowest BCUT2D eigenvalue weighted by Gasteiger charge is -2.07. The van der Waals surface area contributed by atoms with Gasteiger partial charge in [-0.15, -0.1) is 0 Å². The van der Waals surface area contributed by atoms with Gasteiger partial charge in [0.15, 0.2) is 0 Å². The smallest absolute Gasteiger partial charge is 0.318 e. The normalized spacial score (nSPS) is 11.1. The van der Waals surface area contributed by atoms with Gasteiger partial charge in [-0.1, -0.05) is 29.3 Å². The molecule has 0 fully saturated rings. The summed E-state index contributed by atoms with van der Waals surface area (Å²) in [6.07, 6.45) is 4.07. The summed E-state index contributed by atoms with van der Waals surface area (Å²) in [6.45, 7) is -2.61. The molecule has 0 spiro atoms. The number of alkyl halides is 2. The molecule has 0 saturated carbocycles. The molecule has 0 unspecified atom stereocenters. The number of hydrogen-bond acceptors (Lipinski definition) is 3. The van der Waals surface area contributed by atoms with Crippen molar-refractivity contribution < 1.29 is 13.6 Å². The summed E-state index contributed by atoms with van der Waals surface area (Å²) in [7, 11) is 0. The predicted octanol–water partition coefficient (Wildman–Crippen LogP) is 4.08. The van der Waals surface area contributed by atoms with Crippen LogP contribution in [0, 0.1) is 0 Å². The van der Waals surface area contributed by atoms with Gasteiger partial charge in [-0.3, -0.25) is 9.48 Å². The Bertz CT molecular complexity index is 889. The topological polar surface area (TPSA) is 64.7 Å². The van der Waals surface area contributed by atoms with E-state index < -0.39 is 12.5 Å². The summed E-state index contributed by atoms with van der Waals surface area (Å²) in [5, 5.41) is 11.0. The molecule has 0 saturated heterocycles. The molecule has 0 radical (unpaired) electrons. The number of carbonyl (C=O) groups is 1. The molecule has 3 rings (SSSR count). The zero-order valence-electron chi connectivity index (χ0n) is 12.5. The van der Waals surface area contributed by atoms with Gasteiger partial charge in [0.1, 0.15) is 5.69 Å². The number of nitrogens with one attached hydrogen (secondary N) is 1. The van der Waals surface area contributed by atoms with Crippen LogP contribution in [0.15, 0.2) is 42.9 Å². The minimum Gasteiger partial charge on any atom is -0.318 e. The lowest BCUT2D eigenvalue weighted by Crippen LogP contribution is -2.18. The first-order valence-corrected chi connectivity index (χ1v) is 7.79. The number of nitrogens with zero attached hydrogens (tertiary/aromatic N) is 4. The fraction of sp³-hybridized carbons (Fsp3) is 0.133. The predicted molar refractivity (Wildman–Crippen MR) is 89.2 cm³/mol. The van der Waals surface area contributed by atoms with Gasteiger partial charge in [0.2, 0.25) is 0 Å². The van der Waals surface area contributed by atoms with E-state index in [9.17, 15) is 13.6 Å². The van der Waals surface area contributed by atoms with E-state index >= 15 is 0 Å². The maximum atomic E-state index is 12.8. The third kappa shape index (κ3) is 3.80. The van der Waals surface area contributed by atoms with E-state index in [0.29, 0.717) is 32.5 Å². The molecule has 0 aliphatic carbocycles. The number of rotatable bonds is 5.